The molecule has 0 aromatic heterocycles. The van der Waals surface area contributed by atoms with Crippen molar-refractivity contribution in [2.75, 3.05) is 11.4 Å². The fraction of sp³-hybridized carbons (Fsp3) is 0.278. The van der Waals surface area contributed by atoms with Gasteiger partial charge >= 0.3 is 0 Å². The topological polar surface area (TPSA) is 20.3 Å². The molecule has 0 saturated carbocycles. The van der Waals surface area contributed by atoms with Crippen molar-refractivity contribution in [1.29, 1.82) is 0 Å². The van der Waals surface area contributed by atoms with Gasteiger partial charge in [0.15, 0.2) is 0 Å². The van der Waals surface area contributed by atoms with E-state index in [1.807, 2.05) is 35.2 Å². The Morgan fingerprint density at radius 3 is 2.77 bits per heavy atom. The van der Waals surface area contributed by atoms with Crippen molar-refractivity contribution in [1.82, 2.24) is 0 Å². The highest BCUT2D eigenvalue weighted by Gasteiger charge is 2.21. The minimum absolute atomic E-state index is 0.151. The number of carbonyl (C=O) groups is 1. The predicted molar refractivity (Wildman–Crippen MR) is 91.9 cm³/mol. The van der Waals surface area contributed by atoms with Crippen molar-refractivity contribution in [2.45, 2.75) is 25.7 Å². The first kappa shape index (κ1) is 15.4. The van der Waals surface area contributed by atoms with Crippen LogP contribution in [0, 0.1) is 0 Å². The highest BCUT2D eigenvalue weighted by molar-refractivity contribution is 6.35. The van der Waals surface area contributed by atoms with Crippen LogP contribution in [0.3, 0.4) is 0 Å². The van der Waals surface area contributed by atoms with E-state index in [9.17, 15) is 4.79 Å². The van der Waals surface area contributed by atoms with Gasteiger partial charge < -0.3 is 4.90 Å². The fourth-order valence-corrected chi connectivity index (χ4v) is 3.40. The van der Waals surface area contributed by atoms with Gasteiger partial charge in [-0.15, -0.1) is 0 Å². The lowest BCUT2D eigenvalue weighted by atomic mass is 10.0. The number of para-hydroxylation sites is 1. The van der Waals surface area contributed by atoms with Gasteiger partial charge in [-0.3, -0.25) is 4.79 Å². The van der Waals surface area contributed by atoms with E-state index in [1.165, 1.54) is 5.56 Å². The Bertz CT molecular complexity index is 699. The molecule has 0 saturated heterocycles. The van der Waals surface area contributed by atoms with Crippen LogP contribution >= 0.6 is 23.2 Å². The van der Waals surface area contributed by atoms with Crippen LogP contribution in [-0.2, 0) is 17.6 Å². The quantitative estimate of drug-likeness (QED) is 0.781. The van der Waals surface area contributed by atoms with E-state index in [1.54, 1.807) is 6.07 Å². The van der Waals surface area contributed by atoms with Gasteiger partial charge in [0.1, 0.15) is 0 Å². The third kappa shape index (κ3) is 3.29. The van der Waals surface area contributed by atoms with E-state index in [-0.39, 0.29) is 5.91 Å². The van der Waals surface area contributed by atoms with E-state index < -0.39 is 0 Å². The van der Waals surface area contributed by atoms with E-state index in [0.717, 1.165) is 30.6 Å². The molecule has 0 spiro atoms. The molecule has 2 aromatic rings. The van der Waals surface area contributed by atoms with Crippen molar-refractivity contribution in [3.05, 3.63) is 63.6 Å². The number of fused-ring (bicyclic) bond motifs is 1. The highest BCUT2D eigenvalue weighted by Crippen LogP contribution is 2.28. The number of anilines is 1. The Balaban J connectivity index is 1.70. The number of halogens is 2. The zero-order valence-corrected chi connectivity index (χ0v) is 13.7. The van der Waals surface area contributed by atoms with Gasteiger partial charge in [-0.2, -0.15) is 0 Å². The van der Waals surface area contributed by atoms with Crippen molar-refractivity contribution >= 4 is 34.8 Å². The molecular formula is C18H17Cl2NO. The van der Waals surface area contributed by atoms with Crippen LogP contribution in [0.2, 0.25) is 10.0 Å². The van der Waals surface area contributed by atoms with Crippen molar-refractivity contribution in [3.63, 3.8) is 0 Å². The number of aryl methyl sites for hydroxylation is 2. The average Bonchev–Trinajstić information content (AvgIpc) is 2.53. The minimum atomic E-state index is 0.151. The molecule has 4 heteroatoms. The van der Waals surface area contributed by atoms with Crippen LogP contribution in [0.1, 0.15) is 24.0 Å². The van der Waals surface area contributed by atoms with E-state index in [2.05, 4.69) is 6.07 Å². The SMILES string of the molecule is O=C(CCc1ccc(Cl)cc1Cl)N1CCCc2ccccc21. The molecule has 22 heavy (non-hydrogen) atoms. The molecule has 1 heterocycles. The number of rotatable bonds is 3. The molecule has 0 aliphatic carbocycles. The monoisotopic (exact) mass is 333 g/mol. The number of nitrogens with zero attached hydrogens (tertiary/aromatic N) is 1. The minimum Gasteiger partial charge on any atom is -0.312 e. The molecule has 1 amide bonds. The Morgan fingerprint density at radius 2 is 1.95 bits per heavy atom. The second kappa shape index (κ2) is 6.72. The van der Waals surface area contributed by atoms with Crippen LogP contribution < -0.4 is 4.90 Å². The molecule has 0 N–H and O–H groups in total. The molecule has 0 atom stereocenters. The van der Waals surface area contributed by atoms with Crippen molar-refractivity contribution < 1.29 is 4.79 Å². The number of amides is 1. The van der Waals surface area contributed by atoms with Crippen LogP contribution in [0.25, 0.3) is 0 Å². The van der Waals surface area contributed by atoms with E-state index in [4.69, 9.17) is 23.2 Å². The highest BCUT2D eigenvalue weighted by atomic mass is 35.5. The second-order valence-electron chi connectivity index (χ2n) is 5.51. The normalized spacial score (nSPS) is 13.8. The van der Waals surface area contributed by atoms with E-state index >= 15 is 0 Å². The maximum absolute atomic E-state index is 12.6. The average molecular weight is 334 g/mol. The van der Waals surface area contributed by atoms with Gasteiger partial charge in [0.25, 0.3) is 0 Å². The summed E-state index contributed by atoms with van der Waals surface area (Å²) in [5, 5.41) is 1.24. The van der Waals surface area contributed by atoms with Crippen LogP contribution in [0.15, 0.2) is 42.5 Å². The fourth-order valence-electron chi connectivity index (χ4n) is 2.89. The van der Waals surface area contributed by atoms with E-state index in [0.29, 0.717) is 22.9 Å². The first-order chi connectivity index (χ1) is 10.6. The Kier molecular flexibility index (Phi) is 4.70. The summed E-state index contributed by atoms with van der Waals surface area (Å²) >= 11 is 12.1. The van der Waals surface area contributed by atoms with Crippen LogP contribution in [0.4, 0.5) is 5.69 Å². The maximum atomic E-state index is 12.6. The van der Waals surface area contributed by atoms with Gasteiger partial charge in [0, 0.05) is 28.7 Å². The molecule has 0 unspecified atom stereocenters. The third-order valence-electron chi connectivity index (χ3n) is 4.03. The van der Waals surface area contributed by atoms with Gasteiger partial charge in [0.05, 0.1) is 0 Å². The number of hydrogen-bond donors (Lipinski definition) is 0. The van der Waals surface area contributed by atoms with Crippen molar-refractivity contribution in [2.24, 2.45) is 0 Å². The summed E-state index contributed by atoms with van der Waals surface area (Å²) in [4.78, 5) is 14.5. The Morgan fingerprint density at radius 1 is 1.14 bits per heavy atom. The smallest absolute Gasteiger partial charge is 0.227 e. The molecule has 2 nitrogen and oxygen atoms in total. The largest absolute Gasteiger partial charge is 0.312 e. The van der Waals surface area contributed by atoms with Gasteiger partial charge in [0.2, 0.25) is 5.91 Å². The summed E-state index contributed by atoms with van der Waals surface area (Å²) in [6.45, 7) is 0.796. The number of benzene rings is 2. The molecule has 3 rings (SSSR count). The third-order valence-corrected chi connectivity index (χ3v) is 4.62. The van der Waals surface area contributed by atoms with Gasteiger partial charge in [-0.1, -0.05) is 47.5 Å². The Hall–Kier alpha value is -1.51. The summed E-state index contributed by atoms with van der Waals surface area (Å²) in [6, 6.07) is 13.6. The lowest BCUT2D eigenvalue weighted by molar-refractivity contribution is -0.118. The molecule has 0 radical (unpaired) electrons. The predicted octanol–water partition coefficient (Wildman–Crippen LogP) is 4.91. The molecule has 0 fully saturated rings. The van der Waals surface area contributed by atoms with Crippen LogP contribution in [0.5, 0.6) is 0 Å². The molecular weight excluding hydrogens is 317 g/mol. The zero-order chi connectivity index (χ0) is 15.5. The number of carbonyl (C=O) groups excluding carboxylic acids is 1. The first-order valence-electron chi connectivity index (χ1n) is 7.47. The summed E-state index contributed by atoms with van der Waals surface area (Å²) in [6.07, 6.45) is 3.15. The van der Waals surface area contributed by atoms with Gasteiger partial charge in [-0.25, -0.2) is 0 Å². The van der Waals surface area contributed by atoms with Crippen molar-refractivity contribution in [3.8, 4) is 0 Å². The summed E-state index contributed by atoms with van der Waals surface area (Å²) in [7, 11) is 0. The summed E-state index contributed by atoms with van der Waals surface area (Å²) in [5.74, 6) is 0.151. The molecule has 114 valence electrons. The molecule has 1 aliphatic rings. The number of hydrogen-bond acceptors (Lipinski definition) is 1. The Labute approximate surface area is 140 Å². The molecule has 0 bridgehead atoms. The summed E-state index contributed by atoms with van der Waals surface area (Å²) < 4.78 is 0. The maximum Gasteiger partial charge on any atom is 0.227 e. The lowest BCUT2D eigenvalue weighted by Gasteiger charge is -2.29. The molecule has 1 aliphatic heterocycles. The standard InChI is InChI=1S/C18H17Cl2NO/c19-15-9-7-13(16(20)12-15)8-10-18(22)21-11-3-5-14-4-1-2-6-17(14)21/h1-2,4,6-7,9,12H,3,5,8,10-11H2. The lowest BCUT2D eigenvalue weighted by Crippen LogP contribution is -2.35. The molecule has 2 aromatic carbocycles. The second-order valence-corrected chi connectivity index (χ2v) is 6.36. The van der Waals surface area contributed by atoms with Gasteiger partial charge in [-0.05, 0) is 48.6 Å². The summed E-state index contributed by atoms with van der Waals surface area (Å²) in [5.41, 5.74) is 3.28. The first-order valence-corrected chi connectivity index (χ1v) is 8.23. The van der Waals surface area contributed by atoms with Crippen LogP contribution in [-0.4, -0.2) is 12.5 Å². The zero-order valence-electron chi connectivity index (χ0n) is 12.2.